The molecular weight excluding hydrogens is 232 g/mol. The third-order valence-electron chi connectivity index (χ3n) is 2.74. The van der Waals surface area contributed by atoms with Crippen LogP contribution in [0.5, 0.6) is 0 Å². The number of benzene rings is 1. The molecule has 0 amide bonds. The van der Waals surface area contributed by atoms with Gasteiger partial charge >= 0.3 is 5.97 Å². The molecule has 0 aliphatic rings. The summed E-state index contributed by atoms with van der Waals surface area (Å²) < 4.78 is 5.50. The van der Waals surface area contributed by atoms with Crippen molar-refractivity contribution in [3.05, 3.63) is 35.9 Å². The maximum Gasteiger partial charge on any atom is 0.303 e. The summed E-state index contributed by atoms with van der Waals surface area (Å²) in [6.07, 6.45) is 1.72. The fourth-order valence-electron chi connectivity index (χ4n) is 1.66. The normalized spacial score (nSPS) is 14.1. The fraction of sp³-hybridized carbons (Fsp3) is 0.500. The molecule has 100 valence electrons. The smallest absolute Gasteiger partial charge is 0.303 e. The predicted molar refractivity (Wildman–Crippen MR) is 68.1 cm³/mol. The van der Waals surface area contributed by atoms with Crippen molar-refractivity contribution < 1.29 is 19.7 Å². The molecule has 1 rings (SSSR count). The molecule has 1 unspecified atom stereocenters. The number of carboxylic acids is 1. The zero-order chi connectivity index (χ0) is 13.4. The second-order valence-electron chi connectivity index (χ2n) is 4.25. The molecule has 1 aromatic rings. The zero-order valence-corrected chi connectivity index (χ0v) is 10.6. The maximum atomic E-state index is 10.6. The number of ether oxygens (including phenoxy) is 1. The molecule has 0 spiro atoms. The average Bonchev–Trinajstić information content (AvgIpc) is 2.38. The Hall–Kier alpha value is -1.39. The van der Waals surface area contributed by atoms with E-state index in [1.165, 1.54) is 0 Å². The van der Waals surface area contributed by atoms with E-state index >= 15 is 0 Å². The van der Waals surface area contributed by atoms with Gasteiger partial charge < -0.3 is 14.9 Å². The molecule has 18 heavy (non-hydrogen) atoms. The van der Waals surface area contributed by atoms with Crippen LogP contribution in [0.3, 0.4) is 0 Å². The van der Waals surface area contributed by atoms with Gasteiger partial charge in [-0.05, 0) is 6.42 Å². The minimum Gasteiger partial charge on any atom is -0.481 e. The molecule has 4 nitrogen and oxygen atoms in total. The molecule has 4 heteroatoms. The molecule has 0 saturated carbocycles. The van der Waals surface area contributed by atoms with E-state index in [9.17, 15) is 9.90 Å². The van der Waals surface area contributed by atoms with Crippen molar-refractivity contribution in [3.63, 3.8) is 0 Å². The van der Waals surface area contributed by atoms with Crippen molar-refractivity contribution in [2.45, 2.75) is 38.4 Å². The third-order valence-corrected chi connectivity index (χ3v) is 2.74. The van der Waals surface area contributed by atoms with Crippen molar-refractivity contribution >= 4 is 5.97 Å². The van der Waals surface area contributed by atoms with Gasteiger partial charge in [-0.1, -0.05) is 43.7 Å². The molecule has 0 saturated heterocycles. The van der Waals surface area contributed by atoms with Gasteiger partial charge in [-0.2, -0.15) is 0 Å². The van der Waals surface area contributed by atoms with E-state index in [0.717, 1.165) is 12.8 Å². The minimum absolute atomic E-state index is 0.0516. The summed E-state index contributed by atoms with van der Waals surface area (Å²) in [5.74, 6) is -2.45. The lowest BCUT2D eigenvalue weighted by molar-refractivity contribution is -0.219. The molecule has 0 radical (unpaired) electrons. The van der Waals surface area contributed by atoms with E-state index < -0.39 is 11.8 Å². The number of rotatable bonds is 8. The lowest BCUT2D eigenvalue weighted by atomic mass is 10.0. The first kappa shape index (κ1) is 14.7. The van der Waals surface area contributed by atoms with Crippen LogP contribution in [0.2, 0.25) is 0 Å². The molecule has 0 fully saturated rings. The molecular formula is C14H20O4. The van der Waals surface area contributed by atoms with Crippen LogP contribution in [0.15, 0.2) is 30.3 Å². The Kier molecular flexibility index (Phi) is 5.82. The Balaban J connectivity index is 2.76. The van der Waals surface area contributed by atoms with Crippen molar-refractivity contribution in [2.75, 3.05) is 6.61 Å². The molecule has 0 bridgehead atoms. The Morgan fingerprint density at radius 1 is 1.33 bits per heavy atom. The Bertz CT molecular complexity index is 363. The van der Waals surface area contributed by atoms with E-state index in [-0.39, 0.29) is 12.8 Å². The topological polar surface area (TPSA) is 66.8 Å². The summed E-state index contributed by atoms with van der Waals surface area (Å²) in [7, 11) is 0. The number of carboxylic acid groups (broad SMARTS) is 1. The predicted octanol–water partition coefficient (Wildman–Crippen LogP) is 2.51. The van der Waals surface area contributed by atoms with Crippen LogP contribution in [-0.2, 0) is 15.3 Å². The molecule has 2 N–H and O–H groups in total. The number of hydrogen-bond donors (Lipinski definition) is 2. The first-order chi connectivity index (χ1) is 8.58. The van der Waals surface area contributed by atoms with Crippen LogP contribution in [0.4, 0.5) is 0 Å². The lowest BCUT2D eigenvalue weighted by Crippen LogP contribution is -2.30. The van der Waals surface area contributed by atoms with Gasteiger partial charge in [-0.25, -0.2) is 0 Å². The molecule has 1 aromatic carbocycles. The molecule has 0 aromatic heterocycles. The number of aliphatic hydroxyl groups is 1. The quantitative estimate of drug-likeness (QED) is 0.551. The van der Waals surface area contributed by atoms with E-state index in [1.54, 1.807) is 24.3 Å². The number of carbonyl (C=O) groups is 1. The monoisotopic (exact) mass is 252 g/mol. The molecule has 0 heterocycles. The summed E-state index contributed by atoms with van der Waals surface area (Å²) in [4.78, 5) is 10.6. The number of unbranched alkanes of at least 4 members (excludes halogenated alkanes) is 1. The SMILES string of the molecule is CCCCOC(O)(CCC(=O)O)c1ccccc1. The summed E-state index contributed by atoms with van der Waals surface area (Å²) in [6.45, 7) is 2.45. The van der Waals surface area contributed by atoms with Crippen LogP contribution in [0.1, 0.15) is 38.2 Å². The van der Waals surface area contributed by atoms with Crippen LogP contribution < -0.4 is 0 Å². The highest BCUT2D eigenvalue weighted by Gasteiger charge is 2.30. The van der Waals surface area contributed by atoms with Gasteiger partial charge in [0.2, 0.25) is 0 Å². The Morgan fingerprint density at radius 2 is 2.00 bits per heavy atom. The minimum atomic E-state index is -1.51. The first-order valence-corrected chi connectivity index (χ1v) is 6.22. The lowest BCUT2D eigenvalue weighted by Gasteiger charge is -2.28. The van der Waals surface area contributed by atoms with E-state index in [0.29, 0.717) is 12.2 Å². The second-order valence-corrected chi connectivity index (χ2v) is 4.25. The highest BCUT2D eigenvalue weighted by Crippen LogP contribution is 2.28. The highest BCUT2D eigenvalue weighted by atomic mass is 16.6. The summed E-state index contributed by atoms with van der Waals surface area (Å²) >= 11 is 0. The van der Waals surface area contributed by atoms with E-state index in [4.69, 9.17) is 9.84 Å². The standard InChI is InChI=1S/C14H20O4/c1-2-3-11-18-14(17,10-9-13(15)16)12-7-5-4-6-8-12/h4-8,17H,2-3,9-11H2,1H3,(H,15,16). The highest BCUT2D eigenvalue weighted by molar-refractivity contribution is 5.66. The van der Waals surface area contributed by atoms with Gasteiger partial charge in [0, 0.05) is 12.0 Å². The van der Waals surface area contributed by atoms with Gasteiger partial charge in [-0.3, -0.25) is 4.79 Å². The average molecular weight is 252 g/mol. The summed E-state index contributed by atoms with van der Waals surface area (Å²) in [5.41, 5.74) is 0.599. The first-order valence-electron chi connectivity index (χ1n) is 6.22. The van der Waals surface area contributed by atoms with E-state index in [2.05, 4.69) is 0 Å². The van der Waals surface area contributed by atoms with E-state index in [1.807, 2.05) is 13.0 Å². The van der Waals surface area contributed by atoms with Crippen molar-refractivity contribution in [1.82, 2.24) is 0 Å². The van der Waals surface area contributed by atoms with Gasteiger partial charge in [-0.15, -0.1) is 0 Å². The maximum absolute atomic E-state index is 10.6. The Morgan fingerprint density at radius 3 is 2.56 bits per heavy atom. The summed E-state index contributed by atoms with van der Waals surface area (Å²) in [6, 6.07) is 8.92. The molecule has 0 aliphatic carbocycles. The largest absolute Gasteiger partial charge is 0.481 e. The third kappa shape index (κ3) is 4.47. The van der Waals surface area contributed by atoms with Crippen LogP contribution in [-0.4, -0.2) is 22.8 Å². The van der Waals surface area contributed by atoms with Crippen LogP contribution in [0.25, 0.3) is 0 Å². The van der Waals surface area contributed by atoms with Gasteiger partial charge in [0.1, 0.15) is 0 Å². The van der Waals surface area contributed by atoms with Crippen molar-refractivity contribution in [3.8, 4) is 0 Å². The van der Waals surface area contributed by atoms with Crippen LogP contribution in [0, 0.1) is 0 Å². The number of aliphatic carboxylic acids is 1. The summed E-state index contributed by atoms with van der Waals surface area (Å²) in [5, 5.41) is 19.2. The molecule has 1 atom stereocenters. The van der Waals surface area contributed by atoms with Gasteiger partial charge in [0.25, 0.3) is 0 Å². The Labute approximate surface area is 107 Å². The van der Waals surface area contributed by atoms with Crippen molar-refractivity contribution in [1.29, 1.82) is 0 Å². The van der Waals surface area contributed by atoms with Gasteiger partial charge in [0.15, 0.2) is 5.79 Å². The van der Waals surface area contributed by atoms with Crippen molar-refractivity contribution in [2.24, 2.45) is 0 Å². The number of hydrogen-bond acceptors (Lipinski definition) is 3. The fourth-order valence-corrected chi connectivity index (χ4v) is 1.66. The molecule has 0 aliphatic heterocycles. The second kappa shape index (κ2) is 7.13. The van der Waals surface area contributed by atoms with Gasteiger partial charge in [0.05, 0.1) is 13.0 Å². The van der Waals surface area contributed by atoms with Crippen LogP contribution >= 0.6 is 0 Å². The zero-order valence-electron chi connectivity index (χ0n) is 10.6.